The topological polar surface area (TPSA) is 24.1 Å². The maximum Gasteiger partial charge on any atom is 0.146 e. The van der Waals surface area contributed by atoms with E-state index in [4.69, 9.17) is 0 Å². The number of anilines is 1. The molecule has 0 amide bonds. The predicted molar refractivity (Wildman–Crippen MR) is 59.0 cm³/mol. The van der Waals surface area contributed by atoms with Crippen LogP contribution in [0.3, 0.4) is 0 Å². The third kappa shape index (κ3) is 2.25. The number of nitrogens with one attached hydrogen (secondary N) is 2. The second kappa shape index (κ2) is 4.28. The zero-order valence-electron chi connectivity index (χ0n) is 7.69. The van der Waals surface area contributed by atoms with E-state index >= 15 is 0 Å². The van der Waals surface area contributed by atoms with Gasteiger partial charge in [-0.15, -0.1) is 0 Å². The van der Waals surface area contributed by atoms with Crippen LogP contribution in [0.5, 0.6) is 0 Å². The van der Waals surface area contributed by atoms with E-state index in [1.807, 2.05) is 0 Å². The molecule has 76 valence electrons. The minimum absolute atomic E-state index is 0.194. The maximum absolute atomic E-state index is 13.3. The molecule has 14 heavy (non-hydrogen) atoms. The maximum atomic E-state index is 13.3. The van der Waals surface area contributed by atoms with Crippen LogP contribution in [0.15, 0.2) is 22.7 Å². The molecular formula is C10H12BrFN2. The van der Waals surface area contributed by atoms with Crippen LogP contribution in [0.2, 0.25) is 0 Å². The molecule has 1 atom stereocenters. The van der Waals surface area contributed by atoms with Gasteiger partial charge < -0.3 is 10.6 Å². The molecule has 0 saturated carbocycles. The van der Waals surface area contributed by atoms with Crippen molar-refractivity contribution in [2.45, 2.75) is 12.5 Å². The summed E-state index contributed by atoms with van der Waals surface area (Å²) in [5, 5.41) is 6.41. The molecule has 4 heteroatoms. The fourth-order valence-corrected chi connectivity index (χ4v) is 1.97. The van der Waals surface area contributed by atoms with Crippen LogP contribution in [-0.4, -0.2) is 19.1 Å². The Balaban J connectivity index is 2.10. The smallest absolute Gasteiger partial charge is 0.146 e. The van der Waals surface area contributed by atoms with Gasteiger partial charge in [-0.1, -0.05) is 15.9 Å². The second-order valence-electron chi connectivity index (χ2n) is 3.46. The van der Waals surface area contributed by atoms with E-state index in [9.17, 15) is 4.39 Å². The Kier molecular flexibility index (Phi) is 3.03. The third-order valence-electron chi connectivity index (χ3n) is 2.35. The minimum atomic E-state index is -0.194. The van der Waals surface area contributed by atoms with Crippen LogP contribution in [-0.2, 0) is 0 Å². The van der Waals surface area contributed by atoms with Crippen molar-refractivity contribution in [3.05, 3.63) is 28.5 Å². The molecule has 1 aromatic carbocycles. The molecular weight excluding hydrogens is 247 g/mol. The van der Waals surface area contributed by atoms with Gasteiger partial charge in [0.2, 0.25) is 0 Å². The van der Waals surface area contributed by atoms with Gasteiger partial charge in [0, 0.05) is 17.1 Å². The van der Waals surface area contributed by atoms with Gasteiger partial charge in [-0.25, -0.2) is 4.39 Å². The minimum Gasteiger partial charge on any atom is -0.379 e. The van der Waals surface area contributed by atoms with Crippen molar-refractivity contribution in [3.63, 3.8) is 0 Å². The van der Waals surface area contributed by atoms with Gasteiger partial charge in [0.05, 0.1) is 5.69 Å². The number of rotatable bonds is 2. The summed E-state index contributed by atoms with van der Waals surface area (Å²) in [6.07, 6.45) is 1.05. The highest BCUT2D eigenvalue weighted by atomic mass is 79.9. The molecule has 1 heterocycles. The van der Waals surface area contributed by atoms with Gasteiger partial charge in [0.25, 0.3) is 0 Å². The van der Waals surface area contributed by atoms with Gasteiger partial charge in [0.1, 0.15) is 5.82 Å². The van der Waals surface area contributed by atoms with Crippen LogP contribution >= 0.6 is 15.9 Å². The molecule has 2 N–H and O–H groups in total. The Hall–Kier alpha value is -0.610. The van der Waals surface area contributed by atoms with E-state index in [0.29, 0.717) is 11.7 Å². The highest BCUT2D eigenvalue weighted by Crippen LogP contribution is 2.21. The van der Waals surface area contributed by atoms with Crippen molar-refractivity contribution in [3.8, 4) is 0 Å². The van der Waals surface area contributed by atoms with E-state index < -0.39 is 0 Å². The summed E-state index contributed by atoms with van der Waals surface area (Å²) in [5.41, 5.74) is 0.577. The first kappa shape index (κ1) is 9.93. The van der Waals surface area contributed by atoms with Crippen molar-refractivity contribution in [2.24, 2.45) is 0 Å². The Morgan fingerprint density at radius 1 is 1.50 bits per heavy atom. The first-order valence-electron chi connectivity index (χ1n) is 4.68. The lowest BCUT2D eigenvalue weighted by atomic mass is 10.2. The van der Waals surface area contributed by atoms with Crippen LogP contribution < -0.4 is 10.6 Å². The lowest BCUT2D eigenvalue weighted by Crippen LogP contribution is -2.22. The summed E-state index contributed by atoms with van der Waals surface area (Å²) in [6.45, 7) is 1.92. The van der Waals surface area contributed by atoms with Crippen molar-refractivity contribution in [1.82, 2.24) is 5.32 Å². The van der Waals surface area contributed by atoms with E-state index in [1.54, 1.807) is 12.1 Å². The fraction of sp³-hybridized carbons (Fsp3) is 0.400. The molecule has 0 radical (unpaired) electrons. The lowest BCUT2D eigenvalue weighted by molar-refractivity contribution is 0.625. The molecule has 2 rings (SSSR count). The van der Waals surface area contributed by atoms with Gasteiger partial charge in [0.15, 0.2) is 0 Å². The third-order valence-corrected chi connectivity index (χ3v) is 2.84. The highest BCUT2D eigenvalue weighted by Gasteiger charge is 2.15. The Morgan fingerprint density at radius 2 is 2.36 bits per heavy atom. The van der Waals surface area contributed by atoms with E-state index in [0.717, 1.165) is 24.0 Å². The molecule has 2 nitrogen and oxygen atoms in total. The second-order valence-corrected chi connectivity index (χ2v) is 4.37. The molecule has 0 bridgehead atoms. The molecule has 0 spiro atoms. The van der Waals surface area contributed by atoms with Crippen molar-refractivity contribution in [1.29, 1.82) is 0 Å². The molecule has 1 saturated heterocycles. The van der Waals surface area contributed by atoms with E-state index in [2.05, 4.69) is 26.6 Å². The Labute approximate surface area is 91.0 Å². The molecule has 1 fully saturated rings. The molecule has 0 aromatic heterocycles. The largest absolute Gasteiger partial charge is 0.379 e. The van der Waals surface area contributed by atoms with E-state index in [-0.39, 0.29) is 5.82 Å². The number of hydrogen-bond acceptors (Lipinski definition) is 2. The summed E-state index contributed by atoms with van der Waals surface area (Å²) in [6, 6.07) is 5.29. The molecule has 0 aliphatic carbocycles. The van der Waals surface area contributed by atoms with Crippen molar-refractivity contribution >= 4 is 21.6 Å². The van der Waals surface area contributed by atoms with Gasteiger partial charge >= 0.3 is 0 Å². The normalized spacial score (nSPS) is 21.1. The SMILES string of the molecule is Fc1ccc(Br)cc1NC1CCNC1. The predicted octanol–water partition coefficient (Wildman–Crippen LogP) is 2.36. The fourth-order valence-electron chi connectivity index (χ4n) is 1.61. The zero-order chi connectivity index (χ0) is 9.97. The van der Waals surface area contributed by atoms with Crippen molar-refractivity contribution in [2.75, 3.05) is 18.4 Å². The van der Waals surface area contributed by atoms with Crippen LogP contribution in [0.4, 0.5) is 10.1 Å². The van der Waals surface area contributed by atoms with Gasteiger partial charge in [-0.05, 0) is 31.2 Å². The average molecular weight is 259 g/mol. The standard InChI is InChI=1S/C10H12BrFN2/c11-7-1-2-9(12)10(5-7)14-8-3-4-13-6-8/h1-2,5,8,13-14H,3-4,6H2. The monoisotopic (exact) mass is 258 g/mol. The van der Waals surface area contributed by atoms with Crippen LogP contribution in [0, 0.1) is 5.82 Å². The first-order chi connectivity index (χ1) is 6.75. The summed E-state index contributed by atoms with van der Waals surface area (Å²) >= 11 is 3.32. The summed E-state index contributed by atoms with van der Waals surface area (Å²) in [4.78, 5) is 0. The zero-order valence-corrected chi connectivity index (χ0v) is 9.27. The first-order valence-corrected chi connectivity index (χ1v) is 5.47. The molecule has 1 unspecified atom stereocenters. The number of halogens is 2. The van der Waals surface area contributed by atoms with E-state index in [1.165, 1.54) is 6.07 Å². The number of benzene rings is 1. The van der Waals surface area contributed by atoms with Gasteiger partial charge in [-0.3, -0.25) is 0 Å². The Morgan fingerprint density at radius 3 is 3.07 bits per heavy atom. The van der Waals surface area contributed by atoms with Crippen LogP contribution in [0.25, 0.3) is 0 Å². The van der Waals surface area contributed by atoms with Crippen LogP contribution in [0.1, 0.15) is 6.42 Å². The molecule has 1 aliphatic heterocycles. The molecule has 1 aromatic rings. The van der Waals surface area contributed by atoms with Gasteiger partial charge in [-0.2, -0.15) is 0 Å². The quantitative estimate of drug-likeness (QED) is 0.852. The summed E-state index contributed by atoms with van der Waals surface area (Å²) in [5.74, 6) is -0.194. The van der Waals surface area contributed by atoms with Crippen molar-refractivity contribution < 1.29 is 4.39 Å². The summed E-state index contributed by atoms with van der Waals surface area (Å²) in [7, 11) is 0. The average Bonchev–Trinajstić information content (AvgIpc) is 2.64. The summed E-state index contributed by atoms with van der Waals surface area (Å²) < 4.78 is 14.2. The highest BCUT2D eigenvalue weighted by molar-refractivity contribution is 9.10. The lowest BCUT2D eigenvalue weighted by Gasteiger charge is -2.13. The number of hydrogen-bond donors (Lipinski definition) is 2. The Bertz CT molecular complexity index is 324. The molecule has 1 aliphatic rings.